The Morgan fingerprint density at radius 3 is 2.93 bits per heavy atom. The summed E-state index contributed by atoms with van der Waals surface area (Å²) in [6, 6.07) is 11.0. The highest BCUT2D eigenvalue weighted by atomic mass is 16.5. The monoisotopic (exact) mass is 393 g/mol. The lowest BCUT2D eigenvalue weighted by atomic mass is 9.98. The molecule has 1 aromatic carbocycles. The Balaban J connectivity index is 1.45. The van der Waals surface area contributed by atoms with Crippen molar-refractivity contribution in [2.45, 2.75) is 19.8 Å². The van der Waals surface area contributed by atoms with Crippen LogP contribution < -0.4 is 10.1 Å². The van der Waals surface area contributed by atoms with Crippen LogP contribution in [0.25, 0.3) is 11.4 Å². The lowest BCUT2D eigenvalue weighted by Gasteiger charge is -2.18. The maximum Gasteiger partial charge on any atom is 0.321 e. The second-order valence-corrected chi connectivity index (χ2v) is 7.05. The van der Waals surface area contributed by atoms with Gasteiger partial charge in [0, 0.05) is 31.0 Å². The van der Waals surface area contributed by atoms with Crippen molar-refractivity contribution < 1.29 is 14.1 Å². The second-order valence-electron chi connectivity index (χ2n) is 7.05. The highest BCUT2D eigenvalue weighted by molar-refractivity contribution is 5.91. The molecule has 8 heteroatoms. The van der Waals surface area contributed by atoms with Crippen molar-refractivity contribution in [3.63, 3.8) is 0 Å². The van der Waals surface area contributed by atoms with E-state index < -0.39 is 0 Å². The lowest BCUT2D eigenvalue weighted by molar-refractivity contribution is 0.220. The number of pyridine rings is 1. The summed E-state index contributed by atoms with van der Waals surface area (Å²) in [5, 5.41) is 7.02. The number of likely N-dealkylation sites (tertiary alicyclic amines) is 1. The van der Waals surface area contributed by atoms with Crippen LogP contribution in [0.1, 0.15) is 25.7 Å². The molecule has 3 aromatic rings. The number of aromatic nitrogens is 3. The minimum Gasteiger partial charge on any atom is -0.492 e. The number of carbonyl (C=O) groups excluding carboxylic acids is 1. The van der Waals surface area contributed by atoms with Gasteiger partial charge in [0.1, 0.15) is 5.75 Å². The number of hydrogen-bond donors (Lipinski definition) is 1. The predicted molar refractivity (Wildman–Crippen MR) is 108 cm³/mol. The molecule has 0 bridgehead atoms. The van der Waals surface area contributed by atoms with Crippen LogP contribution in [-0.4, -0.2) is 45.8 Å². The van der Waals surface area contributed by atoms with Crippen molar-refractivity contribution in [2.75, 3.05) is 25.0 Å². The molecule has 3 heterocycles. The first-order valence-electron chi connectivity index (χ1n) is 9.67. The molecular weight excluding hydrogens is 370 g/mol. The molecule has 1 saturated heterocycles. The van der Waals surface area contributed by atoms with Crippen LogP contribution in [-0.2, 0) is 0 Å². The number of benzene rings is 1. The molecule has 4 rings (SSSR count). The molecule has 2 amide bonds. The first-order valence-corrected chi connectivity index (χ1v) is 9.67. The molecule has 0 radical (unpaired) electrons. The zero-order valence-electron chi connectivity index (χ0n) is 16.4. The molecule has 2 atom stereocenters. The maximum atomic E-state index is 12.8. The summed E-state index contributed by atoms with van der Waals surface area (Å²) in [5.41, 5.74) is 1.46. The summed E-state index contributed by atoms with van der Waals surface area (Å²) in [5.74, 6) is 1.89. The fourth-order valence-corrected chi connectivity index (χ4v) is 3.50. The van der Waals surface area contributed by atoms with Gasteiger partial charge < -0.3 is 19.5 Å². The van der Waals surface area contributed by atoms with Gasteiger partial charge in [0.15, 0.2) is 0 Å². The van der Waals surface area contributed by atoms with E-state index in [0.717, 1.165) is 5.56 Å². The molecule has 29 heavy (non-hydrogen) atoms. The summed E-state index contributed by atoms with van der Waals surface area (Å²) in [7, 11) is 0. The van der Waals surface area contributed by atoms with Crippen LogP contribution in [0, 0.1) is 5.92 Å². The average Bonchev–Trinajstić information content (AvgIpc) is 3.37. The van der Waals surface area contributed by atoms with Crippen molar-refractivity contribution in [3.05, 3.63) is 54.7 Å². The molecule has 1 N–H and O–H groups in total. The minimum absolute atomic E-state index is 0.0131. The van der Waals surface area contributed by atoms with Crippen molar-refractivity contribution in [3.8, 4) is 17.1 Å². The largest absolute Gasteiger partial charge is 0.492 e. The SMILES string of the molecule is CCOc1ccccc1NC(=O)N1C[C@H](c2nc(-c3cccnc3)no2)[C@@H](C)C1. The average molecular weight is 393 g/mol. The van der Waals surface area contributed by atoms with E-state index in [1.807, 2.05) is 43.3 Å². The van der Waals surface area contributed by atoms with Crippen LogP contribution in [0.2, 0.25) is 0 Å². The van der Waals surface area contributed by atoms with E-state index in [1.165, 1.54) is 0 Å². The van der Waals surface area contributed by atoms with Gasteiger partial charge in [0.25, 0.3) is 0 Å². The van der Waals surface area contributed by atoms with Gasteiger partial charge in [-0.2, -0.15) is 4.98 Å². The van der Waals surface area contributed by atoms with Gasteiger partial charge in [-0.3, -0.25) is 4.98 Å². The van der Waals surface area contributed by atoms with E-state index in [9.17, 15) is 4.79 Å². The van der Waals surface area contributed by atoms with Crippen LogP contribution >= 0.6 is 0 Å². The fraction of sp³-hybridized carbons (Fsp3) is 0.333. The summed E-state index contributed by atoms with van der Waals surface area (Å²) >= 11 is 0. The number of carbonyl (C=O) groups is 1. The van der Waals surface area contributed by atoms with Gasteiger partial charge in [0.05, 0.1) is 18.2 Å². The number of hydrogen-bond acceptors (Lipinski definition) is 6. The number of nitrogens with zero attached hydrogens (tertiary/aromatic N) is 4. The van der Waals surface area contributed by atoms with Gasteiger partial charge in [0.2, 0.25) is 11.7 Å². The van der Waals surface area contributed by atoms with Crippen LogP contribution in [0.3, 0.4) is 0 Å². The molecule has 1 aliphatic heterocycles. The Kier molecular flexibility index (Phi) is 5.41. The van der Waals surface area contributed by atoms with E-state index >= 15 is 0 Å². The van der Waals surface area contributed by atoms with E-state index in [2.05, 4.69) is 27.4 Å². The molecule has 0 aliphatic carbocycles. The molecule has 1 aliphatic rings. The topological polar surface area (TPSA) is 93.4 Å². The third-order valence-electron chi connectivity index (χ3n) is 5.01. The van der Waals surface area contributed by atoms with E-state index in [1.54, 1.807) is 17.3 Å². The van der Waals surface area contributed by atoms with Crippen molar-refractivity contribution in [1.82, 2.24) is 20.0 Å². The summed E-state index contributed by atoms with van der Waals surface area (Å²) in [4.78, 5) is 23.2. The molecule has 2 aromatic heterocycles. The number of nitrogens with one attached hydrogen (secondary N) is 1. The fourth-order valence-electron chi connectivity index (χ4n) is 3.50. The van der Waals surface area contributed by atoms with Crippen molar-refractivity contribution in [1.29, 1.82) is 0 Å². The van der Waals surface area contributed by atoms with Crippen LogP contribution in [0.4, 0.5) is 10.5 Å². The standard InChI is InChI=1S/C21H23N5O3/c1-3-28-18-9-5-4-8-17(18)23-21(27)26-12-14(2)16(13-26)20-24-19(25-29-20)15-7-6-10-22-11-15/h4-11,14,16H,3,12-13H2,1-2H3,(H,23,27)/t14-,16-/m0/s1. The highest BCUT2D eigenvalue weighted by Gasteiger charge is 2.37. The van der Waals surface area contributed by atoms with Gasteiger partial charge in [-0.1, -0.05) is 24.2 Å². The predicted octanol–water partition coefficient (Wildman–Crippen LogP) is 3.80. The van der Waals surface area contributed by atoms with Crippen LogP contribution in [0.5, 0.6) is 5.75 Å². The van der Waals surface area contributed by atoms with Crippen molar-refractivity contribution >= 4 is 11.7 Å². The molecule has 150 valence electrons. The van der Waals surface area contributed by atoms with E-state index in [-0.39, 0.29) is 17.9 Å². The second kappa shape index (κ2) is 8.30. The Morgan fingerprint density at radius 1 is 1.28 bits per heavy atom. The zero-order valence-corrected chi connectivity index (χ0v) is 16.4. The third-order valence-corrected chi connectivity index (χ3v) is 5.01. The number of urea groups is 1. The summed E-state index contributed by atoms with van der Waals surface area (Å²) in [6.45, 7) is 5.65. The molecular formula is C21H23N5O3. The summed E-state index contributed by atoms with van der Waals surface area (Å²) < 4.78 is 11.1. The highest BCUT2D eigenvalue weighted by Crippen LogP contribution is 2.33. The molecule has 1 fully saturated rings. The first-order chi connectivity index (χ1) is 14.2. The molecule has 0 saturated carbocycles. The van der Waals surface area contributed by atoms with Crippen molar-refractivity contribution in [2.24, 2.45) is 5.92 Å². The Morgan fingerprint density at radius 2 is 2.14 bits per heavy atom. The van der Waals surface area contributed by atoms with Gasteiger partial charge >= 0.3 is 6.03 Å². The van der Waals surface area contributed by atoms with E-state index in [0.29, 0.717) is 42.8 Å². The Bertz CT molecular complexity index is 975. The first kappa shape index (κ1) is 18.9. The maximum absolute atomic E-state index is 12.8. The number of ether oxygens (including phenoxy) is 1. The number of para-hydroxylation sites is 2. The summed E-state index contributed by atoms with van der Waals surface area (Å²) in [6.07, 6.45) is 3.39. The quantitative estimate of drug-likeness (QED) is 0.709. The molecule has 0 spiro atoms. The number of rotatable bonds is 5. The smallest absolute Gasteiger partial charge is 0.321 e. The Labute approximate surface area is 168 Å². The molecule has 8 nitrogen and oxygen atoms in total. The minimum atomic E-state index is -0.168. The normalized spacial score (nSPS) is 18.6. The van der Waals surface area contributed by atoms with Gasteiger partial charge in [-0.15, -0.1) is 0 Å². The number of amides is 2. The van der Waals surface area contributed by atoms with Crippen LogP contribution in [0.15, 0.2) is 53.3 Å². The Hall–Kier alpha value is -3.42. The third kappa shape index (κ3) is 4.06. The zero-order chi connectivity index (χ0) is 20.2. The van der Waals surface area contributed by atoms with Gasteiger partial charge in [-0.25, -0.2) is 4.79 Å². The lowest BCUT2D eigenvalue weighted by Crippen LogP contribution is -2.33. The number of anilines is 1. The van der Waals surface area contributed by atoms with E-state index in [4.69, 9.17) is 9.26 Å². The van der Waals surface area contributed by atoms with Gasteiger partial charge in [-0.05, 0) is 37.1 Å². The molecule has 0 unspecified atom stereocenters.